The Morgan fingerprint density at radius 3 is 2.67 bits per heavy atom. The number of nitro groups is 1. The molecule has 9 heteroatoms. The van der Waals surface area contributed by atoms with Crippen molar-refractivity contribution in [2.24, 2.45) is 5.10 Å². The standard InChI is InChI=1S/C15H12ClN3O5/c16-11-2-4-12(5-3-11)24-9-15(21)18-17-8-10-1-6-13(19(22)23)14(20)7-10/h1-8,20H,9H2,(H,18,21). The van der Waals surface area contributed by atoms with Gasteiger partial charge >= 0.3 is 5.69 Å². The number of ether oxygens (including phenoxy) is 1. The molecular formula is C15H12ClN3O5. The molecule has 0 aliphatic heterocycles. The molecule has 2 aromatic rings. The molecule has 0 saturated heterocycles. The van der Waals surface area contributed by atoms with Crippen LogP contribution in [0.4, 0.5) is 5.69 Å². The summed E-state index contributed by atoms with van der Waals surface area (Å²) >= 11 is 5.73. The Labute approximate surface area is 141 Å². The fraction of sp³-hybridized carbons (Fsp3) is 0.0667. The maximum atomic E-state index is 11.6. The van der Waals surface area contributed by atoms with Crippen LogP contribution in [0.15, 0.2) is 47.6 Å². The first kappa shape index (κ1) is 17.2. The van der Waals surface area contributed by atoms with Crippen LogP contribution in [0.3, 0.4) is 0 Å². The monoisotopic (exact) mass is 349 g/mol. The van der Waals surface area contributed by atoms with Crippen molar-refractivity contribution < 1.29 is 19.6 Å². The van der Waals surface area contributed by atoms with Gasteiger partial charge in [-0.3, -0.25) is 14.9 Å². The van der Waals surface area contributed by atoms with Crippen molar-refractivity contribution in [3.05, 3.63) is 63.2 Å². The van der Waals surface area contributed by atoms with E-state index in [1.54, 1.807) is 24.3 Å². The predicted molar refractivity (Wildman–Crippen MR) is 87.4 cm³/mol. The van der Waals surface area contributed by atoms with E-state index in [4.69, 9.17) is 16.3 Å². The molecule has 0 radical (unpaired) electrons. The fourth-order valence-corrected chi connectivity index (χ4v) is 1.79. The Hall–Kier alpha value is -3.13. The molecule has 8 nitrogen and oxygen atoms in total. The molecular weight excluding hydrogens is 338 g/mol. The van der Waals surface area contributed by atoms with Crippen LogP contribution in [0.25, 0.3) is 0 Å². The first-order chi connectivity index (χ1) is 11.5. The molecule has 0 saturated carbocycles. The lowest BCUT2D eigenvalue weighted by Crippen LogP contribution is -2.24. The third-order valence-electron chi connectivity index (χ3n) is 2.78. The maximum absolute atomic E-state index is 11.6. The zero-order chi connectivity index (χ0) is 17.5. The number of halogens is 1. The molecule has 0 aliphatic rings. The lowest BCUT2D eigenvalue weighted by molar-refractivity contribution is -0.385. The van der Waals surface area contributed by atoms with E-state index in [9.17, 15) is 20.0 Å². The minimum atomic E-state index is -0.702. The highest BCUT2D eigenvalue weighted by molar-refractivity contribution is 6.30. The van der Waals surface area contributed by atoms with Gasteiger partial charge in [-0.15, -0.1) is 0 Å². The van der Waals surface area contributed by atoms with Crippen LogP contribution in [0.1, 0.15) is 5.56 Å². The van der Waals surface area contributed by atoms with Crippen LogP contribution in [0, 0.1) is 10.1 Å². The molecule has 24 heavy (non-hydrogen) atoms. The van der Waals surface area contributed by atoms with Gasteiger partial charge in [0.15, 0.2) is 12.4 Å². The number of hydrogen-bond donors (Lipinski definition) is 2. The number of hydrogen-bond acceptors (Lipinski definition) is 6. The van der Waals surface area contributed by atoms with Crippen LogP contribution < -0.4 is 10.2 Å². The summed E-state index contributed by atoms with van der Waals surface area (Å²) in [6, 6.07) is 10.2. The second kappa shape index (κ2) is 7.93. The smallest absolute Gasteiger partial charge is 0.310 e. The van der Waals surface area contributed by atoms with Crippen LogP contribution in [-0.2, 0) is 4.79 Å². The molecule has 124 valence electrons. The molecule has 2 N–H and O–H groups in total. The zero-order valence-electron chi connectivity index (χ0n) is 12.2. The van der Waals surface area contributed by atoms with Crippen molar-refractivity contribution in [2.45, 2.75) is 0 Å². The molecule has 0 aliphatic carbocycles. The summed E-state index contributed by atoms with van der Waals surface area (Å²) in [4.78, 5) is 21.4. The third kappa shape index (κ3) is 4.96. The first-order valence-electron chi connectivity index (χ1n) is 6.63. The van der Waals surface area contributed by atoms with Gasteiger partial charge < -0.3 is 9.84 Å². The number of carbonyl (C=O) groups is 1. The van der Waals surface area contributed by atoms with E-state index in [0.717, 1.165) is 12.1 Å². The second-order valence-electron chi connectivity index (χ2n) is 4.54. The largest absolute Gasteiger partial charge is 0.502 e. The van der Waals surface area contributed by atoms with Crippen LogP contribution in [0.5, 0.6) is 11.5 Å². The van der Waals surface area contributed by atoms with E-state index in [-0.39, 0.29) is 6.61 Å². The number of nitrogens with one attached hydrogen (secondary N) is 1. The van der Waals surface area contributed by atoms with Gasteiger partial charge in [-0.25, -0.2) is 5.43 Å². The Morgan fingerprint density at radius 1 is 1.33 bits per heavy atom. The van der Waals surface area contributed by atoms with Gasteiger partial charge in [0.05, 0.1) is 11.1 Å². The van der Waals surface area contributed by atoms with E-state index in [2.05, 4.69) is 10.5 Å². The number of phenols is 1. The van der Waals surface area contributed by atoms with E-state index >= 15 is 0 Å². The summed E-state index contributed by atoms with van der Waals surface area (Å²) in [6.07, 6.45) is 1.24. The number of benzene rings is 2. The molecule has 0 fully saturated rings. The number of nitro benzene ring substituents is 1. The molecule has 2 aromatic carbocycles. The Balaban J connectivity index is 1.84. The highest BCUT2D eigenvalue weighted by Crippen LogP contribution is 2.25. The second-order valence-corrected chi connectivity index (χ2v) is 4.98. The molecule has 0 spiro atoms. The van der Waals surface area contributed by atoms with E-state index < -0.39 is 22.3 Å². The van der Waals surface area contributed by atoms with Crippen molar-refractivity contribution >= 4 is 29.4 Å². The highest BCUT2D eigenvalue weighted by atomic mass is 35.5. The maximum Gasteiger partial charge on any atom is 0.310 e. The Bertz CT molecular complexity index is 777. The van der Waals surface area contributed by atoms with Gasteiger partial charge in [-0.1, -0.05) is 11.6 Å². The number of amides is 1. The first-order valence-corrected chi connectivity index (χ1v) is 7.01. The third-order valence-corrected chi connectivity index (χ3v) is 3.03. The number of phenolic OH excluding ortho intramolecular Hbond substituents is 1. The number of aromatic hydroxyl groups is 1. The molecule has 1 amide bonds. The average Bonchev–Trinajstić information content (AvgIpc) is 2.54. The van der Waals surface area contributed by atoms with Crippen molar-refractivity contribution in [1.82, 2.24) is 5.43 Å². The summed E-state index contributed by atoms with van der Waals surface area (Å²) in [7, 11) is 0. The minimum absolute atomic E-state index is 0.246. The summed E-state index contributed by atoms with van der Waals surface area (Å²) in [5.74, 6) is -0.493. The number of hydrazone groups is 1. The molecule has 0 atom stereocenters. The van der Waals surface area contributed by atoms with Gasteiger partial charge in [0.1, 0.15) is 5.75 Å². The van der Waals surface area contributed by atoms with E-state index in [1.807, 2.05) is 0 Å². The summed E-state index contributed by atoms with van der Waals surface area (Å²) in [6.45, 7) is -0.246. The van der Waals surface area contributed by atoms with Crippen LogP contribution >= 0.6 is 11.6 Å². The molecule has 0 aromatic heterocycles. The zero-order valence-corrected chi connectivity index (χ0v) is 12.9. The lowest BCUT2D eigenvalue weighted by atomic mass is 10.2. The van der Waals surface area contributed by atoms with Crippen molar-refractivity contribution in [2.75, 3.05) is 6.61 Å². The Morgan fingerprint density at radius 2 is 2.04 bits per heavy atom. The van der Waals surface area contributed by atoms with Gasteiger partial charge in [0.25, 0.3) is 5.91 Å². The average molecular weight is 350 g/mol. The lowest BCUT2D eigenvalue weighted by Gasteiger charge is -2.04. The predicted octanol–water partition coefficient (Wildman–Crippen LogP) is 2.48. The number of rotatable bonds is 6. The minimum Gasteiger partial charge on any atom is -0.502 e. The summed E-state index contributed by atoms with van der Waals surface area (Å²) in [5.41, 5.74) is 2.21. The molecule has 2 rings (SSSR count). The molecule has 0 unspecified atom stereocenters. The number of nitrogens with zero attached hydrogens (tertiary/aromatic N) is 2. The summed E-state index contributed by atoms with van der Waals surface area (Å²) in [5, 5.41) is 24.3. The van der Waals surface area contributed by atoms with Crippen molar-refractivity contribution in [1.29, 1.82) is 0 Å². The number of carbonyl (C=O) groups excluding carboxylic acids is 1. The van der Waals surface area contributed by atoms with Gasteiger partial charge in [-0.2, -0.15) is 5.10 Å². The highest BCUT2D eigenvalue weighted by Gasteiger charge is 2.12. The fourth-order valence-electron chi connectivity index (χ4n) is 1.67. The van der Waals surface area contributed by atoms with E-state index in [0.29, 0.717) is 16.3 Å². The Kier molecular flexibility index (Phi) is 5.69. The van der Waals surface area contributed by atoms with Crippen molar-refractivity contribution in [3.63, 3.8) is 0 Å². The quantitative estimate of drug-likeness (QED) is 0.472. The normalized spacial score (nSPS) is 10.5. The molecule has 0 heterocycles. The SMILES string of the molecule is O=C(COc1ccc(Cl)cc1)NN=Cc1ccc([N+](=O)[O-])c(O)c1. The van der Waals surface area contributed by atoms with Crippen molar-refractivity contribution in [3.8, 4) is 11.5 Å². The molecule has 0 bridgehead atoms. The van der Waals surface area contributed by atoms with E-state index in [1.165, 1.54) is 12.3 Å². The van der Waals surface area contributed by atoms with Gasteiger partial charge in [-0.05, 0) is 42.0 Å². The van der Waals surface area contributed by atoms with Gasteiger partial charge in [0.2, 0.25) is 0 Å². The topological polar surface area (TPSA) is 114 Å². The summed E-state index contributed by atoms with van der Waals surface area (Å²) < 4.78 is 5.23. The van der Waals surface area contributed by atoms with Crippen LogP contribution in [-0.4, -0.2) is 28.8 Å². The van der Waals surface area contributed by atoms with Gasteiger partial charge in [0, 0.05) is 11.1 Å². The van der Waals surface area contributed by atoms with Crippen LogP contribution in [0.2, 0.25) is 5.02 Å².